The van der Waals surface area contributed by atoms with Gasteiger partial charge >= 0.3 is 0 Å². The average Bonchev–Trinajstić information content (AvgIpc) is 2.89. The van der Waals surface area contributed by atoms with Crippen LogP contribution in [0.3, 0.4) is 0 Å². The molecule has 1 aliphatic heterocycles. The molecule has 0 unspecified atom stereocenters. The minimum atomic E-state index is -0.249. The Morgan fingerprint density at radius 1 is 0.955 bits per heavy atom. The fraction of sp³-hybridized carbons (Fsp3) is 0. The molecule has 2 aromatic rings. The molecule has 5 heteroatoms. The lowest BCUT2D eigenvalue weighted by Crippen LogP contribution is -2.33. The molecule has 108 valence electrons. The van der Waals surface area contributed by atoms with Crippen LogP contribution in [0.5, 0.6) is 0 Å². The SMILES string of the molecule is O=C1NC(N/N=C\c2ccccc2)=N/C1=C/c1ccccc1. The van der Waals surface area contributed by atoms with E-state index in [-0.39, 0.29) is 5.91 Å². The van der Waals surface area contributed by atoms with Crippen molar-refractivity contribution in [1.29, 1.82) is 0 Å². The van der Waals surface area contributed by atoms with Crippen molar-refractivity contribution in [2.24, 2.45) is 10.1 Å². The summed E-state index contributed by atoms with van der Waals surface area (Å²) in [7, 11) is 0. The summed E-state index contributed by atoms with van der Waals surface area (Å²) in [5.74, 6) is 0.0700. The van der Waals surface area contributed by atoms with Crippen molar-refractivity contribution < 1.29 is 4.79 Å². The van der Waals surface area contributed by atoms with Crippen LogP contribution in [-0.2, 0) is 4.79 Å². The molecule has 1 aliphatic rings. The lowest BCUT2D eigenvalue weighted by molar-refractivity contribution is -0.115. The maximum absolute atomic E-state index is 11.8. The molecule has 1 amide bonds. The van der Waals surface area contributed by atoms with Gasteiger partial charge < -0.3 is 0 Å². The van der Waals surface area contributed by atoms with Crippen LogP contribution in [0, 0.1) is 0 Å². The molecular weight excluding hydrogens is 276 g/mol. The highest BCUT2D eigenvalue weighted by Gasteiger charge is 2.19. The Hall–Kier alpha value is -3.21. The first-order valence-electron chi connectivity index (χ1n) is 6.82. The van der Waals surface area contributed by atoms with Crippen molar-refractivity contribution in [2.45, 2.75) is 0 Å². The number of benzene rings is 2. The predicted octanol–water partition coefficient (Wildman–Crippen LogP) is 2.14. The second-order valence-corrected chi connectivity index (χ2v) is 4.64. The first kappa shape index (κ1) is 13.8. The number of hydrazone groups is 1. The Kier molecular flexibility index (Phi) is 4.06. The van der Waals surface area contributed by atoms with Gasteiger partial charge in [0.25, 0.3) is 5.91 Å². The molecule has 0 saturated heterocycles. The van der Waals surface area contributed by atoms with E-state index in [9.17, 15) is 4.79 Å². The third kappa shape index (κ3) is 3.46. The highest BCUT2D eigenvalue weighted by Crippen LogP contribution is 2.11. The van der Waals surface area contributed by atoms with Crippen molar-refractivity contribution in [3.8, 4) is 0 Å². The Balaban J connectivity index is 1.68. The standard InChI is InChI=1S/C17H14N4O/c22-16-15(11-13-7-3-1-4-8-13)19-17(20-16)21-18-12-14-9-5-2-6-10-14/h1-12H,(H2,19,20,21,22)/b15-11+,18-12-. The van der Waals surface area contributed by atoms with Crippen molar-refractivity contribution >= 4 is 24.2 Å². The largest absolute Gasteiger partial charge is 0.289 e. The monoisotopic (exact) mass is 290 g/mol. The molecular formula is C17H14N4O. The zero-order valence-corrected chi connectivity index (χ0v) is 11.7. The Morgan fingerprint density at radius 2 is 1.59 bits per heavy atom. The molecule has 0 aliphatic carbocycles. The van der Waals surface area contributed by atoms with Crippen molar-refractivity contribution in [1.82, 2.24) is 10.7 Å². The van der Waals surface area contributed by atoms with E-state index in [0.29, 0.717) is 11.7 Å². The first-order chi connectivity index (χ1) is 10.8. The Morgan fingerprint density at radius 3 is 2.27 bits per heavy atom. The van der Waals surface area contributed by atoms with Gasteiger partial charge in [0.2, 0.25) is 5.96 Å². The smallest absolute Gasteiger partial charge is 0.276 e. The summed E-state index contributed by atoms with van der Waals surface area (Å²) in [6.45, 7) is 0. The first-order valence-corrected chi connectivity index (χ1v) is 6.82. The summed E-state index contributed by atoms with van der Waals surface area (Å²) in [5.41, 5.74) is 4.95. The number of nitrogens with zero attached hydrogens (tertiary/aromatic N) is 2. The number of hydrogen-bond donors (Lipinski definition) is 2. The van der Waals surface area contributed by atoms with Crippen molar-refractivity contribution in [3.05, 3.63) is 77.5 Å². The second kappa shape index (κ2) is 6.49. The van der Waals surface area contributed by atoms with Gasteiger partial charge in [-0.3, -0.25) is 10.1 Å². The molecule has 0 saturated carbocycles. The van der Waals surface area contributed by atoms with Gasteiger partial charge in [0.05, 0.1) is 6.21 Å². The Bertz CT molecular complexity index is 749. The van der Waals surface area contributed by atoms with Gasteiger partial charge in [0.1, 0.15) is 5.70 Å². The number of carbonyl (C=O) groups excluding carboxylic acids is 1. The topological polar surface area (TPSA) is 65.8 Å². The maximum Gasteiger partial charge on any atom is 0.276 e. The summed E-state index contributed by atoms with van der Waals surface area (Å²) < 4.78 is 0. The van der Waals surface area contributed by atoms with E-state index >= 15 is 0 Å². The lowest BCUT2D eigenvalue weighted by Gasteiger charge is -1.97. The number of guanidine groups is 1. The van der Waals surface area contributed by atoms with E-state index < -0.39 is 0 Å². The lowest BCUT2D eigenvalue weighted by atomic mass is 10.2. The zero-order chi connectivity index (χ0) is 15.2. The van der Waals surface area contributed by atoms with E-state index in [0.717, 1.165) is 11.1 Å². The summed E-state index contributed by atoms with van der Waals surface area (Å²) in [6, 6.07) is 19.2. The molecule has 0 spiro atoms. The second-order valence-electron chi connectivity index (χ2n) is 4.64. The fourth-order valence-corrected chi connectivity index (χ4v) is 1.94. The molecule has 3 rings (SSSR count). The van der Waals surface area contributed by atoms with Crippen LogP contribution < -0.4 is 10.7 Å². The molecule has 1 heterocycles. The van der Waals surface area contributed by atoms with Gasteiger partial charge in [-0.1, -0.05) is 60.7 Å². The molecule has 2 aromatic carbocycles. The van der Waals surface area contributed by atoms with E-state index in [1.807, 2.05) is 60.7 Å². The zero-order valence-electron chi connectivity index (χ0n) is 11.7. The van der Waals surface area contributed by atoms with Crippen LogP contribution >= 0.6 is 0 Å². The fourth-order valence-electron chi connectivity index (χ4n) is 1.94. The number of hydrogen-bond acceptors (Lipinski definition) is 4. The number of rotatable bonds is 3. The van der Waals surface area contributed by atoms with Gasteiger partial charge in [-0.25, -0.2) is 10.4 Å². The molecule has 0 aromatic heterocycles. The van der Waals surface area contributed by atoms with Gasteiger partial charge in [-0.05, 0) is 17.2 Å². The van der Waals surface area contributed by atoms with Crippen molar-refractivity contribution in [2.75, 3.05) is 0 Å². The molecule has 5 nitrogen and oxygen atoms in total. The Labute approximate surface area is 128 Å². The van der Waals surface area contributed by atoms with Crippen LogP contribution in [0.4, 0.5) is 0 Å². The summed E-state index contributed by atoms with van der Waals surface area (Å²) in [4.78, 5) is 16.0. The van der Waals surface area contributed by atoms with E-state index in [4.69, 9.17) is 0 Å². The number of nitrogens with one attached hydrogen (secondary N) is 2. The molecule has 2 N–H and O–H groups in total. The molecule has 22 heavy (non-hydrogen) atoms. The summed E-state index contributed by atoms with van der Waals surface area (Å²) >= 11 is 0. The number of aliphatic imine (C=N–C) groups is 1. The van der Waals surface area contributed by atoms with Gasteiger partial charge in [0, 0.05) is 0 Å². The third-order valence-electron chi connectivity index (χ3n) is 2.98. The highest BCUT2D eigenvalue weighted by molar-refractivity contribution is 6.13. The van der Waals surface area contributed by atoms with Gasteiger partial charge in [-0.2, -0.15) is 5.10 Å². The van der Waals surface area contributed by atoms with Crippen LogP contribution in [0.2, 0.25) is 0 Å². The van der Waals surface area contributed by atoms with E-state index in [1.54, 1.807) is 12.3 Å². The van der Waals surface area contributed by atoms with Crippen LogP contribution in [0.25, 0.3) is 6.08 Å². The molecule has 0 radical (unpaired) electrons. The molecule has 0 fully saturated rings. The van der Waals surface area contributed by atoms with Crippen LogP contribution in [0.15, 0.2) is 76.5 Å². The molecule has 0 bridgehead atoms. The van der Waals surface area contributed by atoms with E-state index in [1.165, 1.54) is 0 Å². The minimum Gasteiger partial charge on any atom is -0.289 e. The van der Waals surface area contributed by atoms with Crippen LogP contribution in [0.1, 0.15) is 11.1 Å². The average molecular weight is 290 g/mol. The number of amides is 1. The third-order valence-corrected chi connectivity index (χ3v) is 2.98. The molecule has 0 atom stereocenters. The minimum absolute atomic E-state index is 0.249. The maximum atomic E-state index is 11.8. The van der Waals surface area contributed by atoms with Gasteiger partial charge in [-0.15, -0.1) is 0 Å². The quantitative estimate of drug-likeness (QED) is 0.517. The predicted molar refractivity (Wildman–Crippen MR) is 87.2 cm³/mol. The summed E-state index contributed by atoms with van der Waals surface area (Å²) in [6.07, 6.45) is 3.39. The summed E-state index contributed by atoms with van der Waals surface area (Å²) in [5, 5.41) is 6.68. The van der Waals surface area contributed by atoms with E-state index in [2.05, 4.69) is 20.8 Å². The normalized spacial score (nSPS) is 15.9. The highest BCUT2D eigenvalue weighted by atomic mass is 16.2. The number of carbonyl (C=O) groups is 1. The van der Waals surface area contributed by atoms with Crippen molar-refractivity contribution in [3.63, 3.8) is 0 Å². The van der Waals surface area contributed by atoms with Crippen LogP contribution in [-0.4, -0.2) is 18.1 Å². The van der Waals surface area contributed by atoms with Gasteiger partial charge in [0.15, 0.2) is 0 Å².